The predicted octanol–water partition coefficient (Wildman–Crippen LogP) is 3.11. The second-order valence-corrected chi connectivity index (χ2v) is 9.33. The fraction of sp³-hybridized carbons (Fsp3) is 0.609. The molecule has 0 heterocycles. The fourth-order valence-electron chi connectivity index (χ4n) is 6.08. The largest absolute Gasteiger partial charge is 0.481 e. The third-order valence-corrected chi connectivity index (χ3v) is 7.04. The van der Waals surface area contributed by atoms with Crippen molar-refractivity contribution in [1.82, 2.24) is 10.6 Å². The molecule has 4 aliphatic rings. The van der Waals surface area contributed by atoms with Crippen molar-refractivity contribution in [3.05, 3.63) is 35.4 Å². The van der Waals surface area contributed by atoms with Crippen LogP contribution in [0.5, 0.6) is 0 Å². The van der Waals surface area contributed by atoms with Crippen LogP contribution < -0.4 is 10.6 Å². The molecular formula is C23H30N2O4. The summed E-state index contributed by atoms with van der Waals surface area (Å²) in [4.78, 5) is 35.6. The van der Waals surface area contributed by atoms with Gasteiger partial charge in [0.2, 0.25) is 5.91 Å². The summed E-state index contributed by atoms with van der Waals surface area (Å²) < 4.78 is 0. The Bertz CT molecular complexity index is 751. The Hall–Kier alpha value is -2.37. The maximum Gasteiger partial charge on any atom is 0.303 e. The molecule has 4 aliphatic carbocycles. The minimum atomic E-state index is -0.862. The standard InChI is InChI=1S/C23H30N2O4/c26-20(27)2-1-7-24-21(28)19-5-3-15(4-6-19)14-25-22(29)23-11-16-8-17(12-23)10-18(9-16)13-23/h3-6,16-18H,1-2,7-14H2,(H,24,28)(H,25,29)(H,26,27). The van der Waals surface area contributed by atoms with E-state index in [9.17, 15) is 14.4 Å². The first-order valence-corrected chi connectivity index (χ1v) is 10.8. The number of benzene rings is 1. The molecule has 0 saturated heterocycles. The Labute approximate surface area is 171 Å². The molecule has 0 aromatic heterocycles. The maximum atomic E-state index is 13.0. The molecule has 156 valence electrons. The molecule has 6 nitrogen and oxygen atoms in total. The first-order valence-electron chi connectivity index (χ1n) is 10.8. The first-order chi connectivity index (χ1) is 13.9. The molecule has 6 heteroatoms. The molecule has 0 unspecified atom stereocenters. The highest BCUT2D eigenvalue weighted by atomic mass is 16.4. The number of hydrogen-bond acceptors (Lipinski definition) is 3. The van der Waals surface area contributed by atoms with Gasteiger partial charge in [-0.3, -0.25) is 14.4 Å². The van der Waals surface area contributed by atoms with Crippen molar-refractivity contribution >= 4 is 17.8 Å². The second-order valence-electron chi connectivity index (χ2n) is 9.33. The number of hydrogen-bond donors (Lipinski definition) is 3. The summed E-state index contributed by atoms with van der Waals surface area (Å²) in [5.41, 5.74) is 1.38. The van der Waals surface area contributed by atoms with Crippen LogP contribution in [0.4, 0.5) is 0 Å². The van der Waals surface area contributed by atoms with Crippen LogP contribution in [0, 0.1) is 23.2 Å². The van der Waals surface area contributed by atoms with Crippen molar-refractivity contribution in [2.45, 2.75) is 57.9 Å². The zero-order valence-electron chi connectivity index (χ0n) is 16.8. The summed E-state index contributed by atoms with van der Waals surface area (Å²) in [6.45, 7) is 0.828. The highest BCUT2D eigenvalue weighted by Crippen LogP contribution is 2.60. The average Bonchev–Trinajstić information content (AvgIpc) is 2.68. The molecule has 2 amide bonds. The van der Waals surface area contributed by atoms with Gasteiger partial charge in [0.15, 0.2) is 0 Å². The topological polar surface area (TPSA) is 95.5 Å². The van der Waals surface area contributed by atoms with Crippen molar-refractivity contribution in [1.29, 1.82) is 0 Å². The lowest BCUT2D eigenvalue weighted by Crippen LogP contribution is -2.53. The number of nitrogens with one attached hydrogen (secondary N) is 2. The van der Waals surface area contributed by atoms with Crippen LogP contribution in [0.1, 0.15) is 67.3 Å². The molecule has 3 N–H and O–H groups in total. The highest BCUT2D eigenvalue weighted by Gasteiger charge is 2.54. The number of carbonyl (C=O) groups excluding carboxylic acids is 2. The van der Waals surface area contributed by atoms with E-state index in [1.165, 1.54) is 19.3 Å². The smallest absolute Gasteiger partial charge is 0.303 e. The molecule has 1 aromatic carbocycles. The van der Waals surface area contributed by atoms with Crippen LogP contribution in [0.3, 0.4) is 0 Å². The Balaban J connectivity index is 1.27. The lowest BCUT2D eigenvalue weighted by Gasteiger charge is -2.55. The van der Waals surface area contributed by atoms with Gasteiger partial charge in [-0.05, 0) is 80.4 Å². The minimum absolute atomic E-state index is 0.0443. The highest BCUT2D eigenvalue weighted by molar-refractivity contribution is 5.94. The quantitative estimate of drug-likeness (QED) is 0.586. The van der Waals surface area contributed by atoms with E-state index in [0.29, 0.717) is 25.1 Å². The summed E-state index contributed by atoms with van der Waals surface area (Å²) >= 11 is 0. The summed E-state index contributed by atoms with van der Waals surface area (Å²) in [5, 5.41) is 14.5. The second kappa shape index (κ2) is 8.17. The molecule has 4 saturated carbocycles. The van der Waals surface area contributed by atoms with Crippen molar-refractivity contribution < 1.29 is 19.5 Å². The van der Waals surface area contributed by atoms with Crippen molar-refractivity contribution in [2.75, 3.05) is 6.54 Å². The monoisotopic (exact) mass is 398 g/mol. The molecule has 0 radical (unpaired) electrons. The Morgan fingerprint density at radius 2 is 1.52 bits per heavy atom. The number of aliphatic carboxylic acids is 1. The normalized spacial score (nSPS) is 29.4. The zero-order chi connectivity index (χ0) is 20.4. The lowest BCUT2D eigenvalue weighted by molar-refractivity contribution is -0.146. The van der Waals surface area contributed by atoms with Crippen LogP contribution in [0.25, 0.3) is 0 Å². The van der Waals surface area contributed by atoms with Crippen molar-refractivity contribution in [3.63, 3.8) is 0 Å². The van der Waals surface area contributed by atoms with Crippen LogP contribution in [0.2, 0.25) is 0 Å². The molecule has 0 aliphatic heterocycles. The van der Waals surface area contributed by atoms with Gasteiger partial charge in [-0.25, -0.2) is 0 Å². The van der Waals surface area contributed by atoms with E-state index in [-0.39, 0.29) is 23.7 Å². The number of rotatable bonds is 8. The van der Waals surface area contributed by atoms with E-state index in [0.717, 1.165) is 42.6 Å². The van der Waals surface area contributed by atoms with Crippen LogP contribution in [-0.2, 0) is 16.1 Å². The van der Waals surface area contributed by atoms with Crippen molar-refractivity contribution in [3.8, 4) is 0 Å². The molecule has 29 heavy (non-hydrogen) atoms. The number of carboxylic acids is 1. The van der Waals surface area contributed by atoms with E-state index >= 15 is 0 Å². The van der Waals surface area contributed by atoms with Gasteiger partial charge < -0.3 is 15.7 Å². The zero-order valence-corrected chi connectivity index (χ0v) is 16.8. The Morgan fingerprint density at radius 3 is 2.07 bits per heavy atom. The summed E-state index contributed by atoms with van der Waals surface area (Å²) in [7, 11) is 0. The van der Waals surface area contributed by atoms with Crippen LogP contribution in [0.15, 0.2) is 24.3 Å². The van der Waals surface area contributed by atoms with Gasteiger partial charge in [-0.1, -0.05) is 12.1 Å². The third-order valence-electron chi connectivity index (χ3n) is 7.04. The SMILES string of the molecule is O=C(O)CCCNC(=O)c1ccc(CNC(=O)C23CC4CC(CC(C4)C2)C3)cc1. The molecular weight excluding hydrogens is 368 g/mol. The maximum absolute atomic E-state index is 13.0. The van der Waals surface area contributed by atoms with Gasteiger partial charge in [0.1, 0.15) is 0 Å². The van der Waals surface area contributed by atoms with E-state index in [4.69, 9.17) is 5.11 Å². The van der Waals surface area contributed by atoms with Crippen LogP contribution in [-0.4, -0.2) is 29.4 Å². The van der Waals surface area contributed by atoms with Crippen molar-refractivity contribution in [2.24, 2.45) is 23.2 Å². The molecule has 4 bridgehead atoms. The molecule has 4 fully saturated rings. The molecule has 1 aromatic rings. The van der Waals surface area contributed by atoms with E-state index in [1.54, 1.807) is 12.1 Å². The third kappa shape index (κ3) is 4.46. The molecule has 0 spiro atoms. The van der Waals surface area contributed by atoms with E-state index in [2.05, 4.69) is 10.6 Å². The number of carbonyl (C=O) groups is 3. The van der Waals surface area contributed by atoms with E-state index < -0.39 is 5.97 Å². The minimum Gasteiger partial charge on any atom is -0.481 e. The Kier molecular flexibility index (Phi) is 5.61. The predicted molar refractivity (Wildman–Crippen MR) is 108 cm³/mol. The first kappa shape index (κ1) is 19.9. The molecule has 0 atom stereocenters. The Morgan fingerprint density at radius 1 is 0.931 bits per heavy atom. The number of amides is 2. The summed E-state index contributed by atoms with van der Waals surface area (Å²) in [6, 6.07) is 7.23. The fourth-order valence-corrected chi connectivity index (χ4v) is 6.08. The van der Waals surface area contributed by atoms with Gasteiger partial charge in [-0.2, -0.15) is 0 Å². The van der Waals surface area contributed by atoms with Gasteiger partial charge in [0, 0.05) is 30.5 Å². The lowest BCUT2D eigenvalue weighted by atomic mass is 9.49. The number of carboxylic acid groups (broad SMARTS) is 1. The van der Waals surface area contributed by atoms with Gasteiger partial charge in [-0.15, -0.1) is 0 Å². The van der Waals surface area contributed by atoms with Gasteiger partial charge in [0.25, 0.3) is 5.91 Å². The molecule has 5 rings (SSSR count). The average molecular weight is 399 g/mol. The van der Waals surface area contributed by atoms with E-state index in [1.807, 2.05) is 12.1 Å². The van der Waals surface area contributed by atoms with Crippen LogP contribution >= 0.6 is 0 Å². The van der Waals surface area contributed by atoms with Gasteiger partial charge >= 0.3 is 5.97 Å². The summed E-state index contributed by atoms with van der Waals surface area (Å²) in [6.07, 6.45) is 7.62. The summed E-state index contributed by atoms with van der Waals surface area (Å²) in [5.74, 6) is 1.40. The van der Waals surface area contributed by atoms with Gasteiger partial charge in [0.05, 0.1) is 0 Å².